The van der Waals surface area contributed by atoms with Crippen molar-refractivity contribution in [2.24, 2.45) is 0 Å². The SMILES string of the molecule is CCOc1cccc(N2C(=O)C(Cl)=C(Cl)C2=O)c1. The zero-order valence-electron chi connectivity index (χ0n) is 9.44. The van der Waals surface area contributed by atoms with Crippen LogP contribution in [0.1, 0.15) is 6.92 Å². The average molecular weight is 286 g/mol. The number of rotatable bonds is 3. The zero-order valence-corrected chi connectivity index (χ0v) is 11.0. The molecule has 18 heavy (non-hydrogen) atoms. The Morgan fingerprint density at radius 2 is 1.78 bits per heavy atom. The molecule has 94 valence electrons. The van der Waals surface area contributed by atoms with Gasteiger partial charge in [0.05, 0.1) is 12.3 Å². The Morgan fingerprint density at radius 3 is 2.33 bits per heavy atom. The molecule has 0 fully saturated rings. The molecule has 0 aromatic heterocycles. The molecule has 1 heterocycles. The van der Waals surface area contributed by atoms with E-state index in [1.165, 1.54) is 0 Å². The predicted molar refractivity (Wildman–Crippen MR) is 68.8 cm³/mol. The van der Waals surface area contributed by atoms with Crippen LogP contribution >= 0.6 is 23.2 Å². The van der Waals surface area contributed by atoms with Crippen molar-refractivity contribution in [3.8, 4) is 5.75 Å². The van der Waals surface area contributed by atoms with Gasteiger partial charge in [0, 0.05) is 6.07 Å². The molecule has 0 saturated heterocycles. The van der Waals surface area contributed by atoms with E-state index in [9.17, 15) is 9.59 Å². The molecule has 6 heteroatoms. The lowest BCUT2D eigenvalue weighted by molar-refractivity contribution is -0.120. The first kappa shape index (κ1) is 12.9. The largest absolute Gasteiger partial charge is 0.494 e. The summed E-state index contributed by atoms with van der Waals surface area (Å²) < 4.78 is 5.30. The van der Waals surface area contributed by atoms with Crippen LogP contribution in [-0.4, -0.2) is 18.4 Å². The maximum atomic E-state index is 11.8. The molecule has 0 unspecified atom stereocenters. The fourth-order valence-electron chi connectivity index (χ4n) is 1.59. The number of carbonyl (C=O) groups excluding carboxylic acids is 2. The maximum absolute atomic E-state index is 11.8. The van der Waals surface area contributed by atoms with Gasteiger partial charge in [-0.2, -0.15) is 0 Å². The van der Waals surface area contributed by atoms with Crippen molar-refractivity contribution in [2.75, 3.05) is 11.5 Å². The lowest BCUT2D eigenvalue weighted by atomic mass is 10.2. The van der Waals surface area contributed by atoms with E-state index in [0.717, 1.165) is 4.90 Å². The molecule has 1 aromatic rings. The van der Waals surface area contributed by atoms with Gasteiger partial charge in [-0.05, 0) is 19.1 Å². The number of carbonyl (C=O) groups is 2. The third kappa shape index (κ3) is 2.09. The van der Waals surface area contributed by atoms with Gasteiger partial charge in [0.2, 0.25) is 0 Å². The minimum absolute atomic E-state index is 0.261. The Labute approximate surface area is 114 Å². The number of amides is 2. The van der Waals surface area contributed by atoms with Crippen LogP contribution < -0.4 is 9.64 Å². The molecule has 0 bridgehead atoms. The van der Waals surface area contributed by atoms with Crippen LogP contribution in [0.25, 0.3) is 0 Å². The molecule has 0 atom stereocenters. The average Bonchev–Trinajstić information content (AvgIpc) is 2.55. The first-order valence-electron chi connectivity index (χ1n) is 5.23. The van der Waals surface area contributed by atoms with Crippen LogP contribution in [-0.2, 0) is 9.59 Å². The van der Waals surface area contributed by atoms with Gasteiger partial charge in [-0.25, -0.2) is 4.90 Å². The molecule has 1 aromatic carbocycles. The second-order valence-corrected chi connectivity index (χ2v) is 4.26. The second kappa shape index (κ2) is 5.00. The summed E-state index contributed by atoms with van der Waals surface area (Å²) in [5.74, 6) is -0.685. The number of imide groups is 1. The summed E-state index contributed by atoms with van der Waals surface area (Å²) in [6.07, 6.45) is 0. The van der Waals surface area contributed by atoms with E-state index in [1.807, 2.05) is 6.92 Å². The Morgan fingerprint density at radius 1 is 1.17 bits per heavy atom. The van der Waals surface area contributed by atoms with Crippen molar-refractivity contribution in [1.29, 1.82) is 0 Å². The van der Waals surface area contributed by atoms with Crippen LogP contribution in [0.3, 0.4) is 0 Å². The van der Waals surface area contributed by atoms with E-state index in [4.69, 9.17) is 27.9 Å². The van der Waals surface area contributed by atoms with Crippen molar-refractivity contribution in [3.63, 3.8) is 0 Å². The number of benzene rings is 1. The summed E-state index contributed by atoms with van der Waals surface area (Å²) in [4.78, 5) is 24.5. The zero-order chi connectivity index (χ0) is 13.3. The normalized spacial score (nSPS) is 15.6. The highest BCUT2D eigenvalue weighted by Gasteiger charge is 2.37. The van der Waals surface area contributed by atoms with E-state index >= 15 is 0 Å². The number of hydrogen-bond acceptors (Lipinski definition) is 3. The number of ether oxygens (including phenoxy) is 1. The first-order valence-corrected chi connectivity index (χ1v) is 5.98. The van der Waals surface area contributed by atoms with Crippen molar-refractivity contribution >= 4 is 40.7 Å². The molecule has 0 radical (unpaired) electrons. The Balaban J connectivity index is 2.36. The van der Waals surface area contributed by atoms with Gasteiger partial charge in [0.25, 0.3) is 11.8 Å². The third-order valence-electron chi connectivity index (χ3n) is 2.36. The van der Waals surface area contributed by atoms with Gasteiger partial charge in [0.1, 0.15) is 15.8 Å². The molecule has 1 aliphatic rings. The summed E-state index contributed by atoms with van der Waals surface area (Å²) in [6, 6.07) is 6.60. The van der Waals surface area contributed by atoms with Crippen molar-refractivity contribution in [3.05, 3.63) is 34.3 Å². The molecule has 1 aliphatic heterocycles. The smallest absolute Gasteiger partial charge is 0.278 e. The summed E-state index contributed by atoms with van der Waals surface area (Å²) in [5.41, 5.74) is 0.379. The van der Waals surface area contributed by atoms with Gasteiger partial charge in [-0.3, -0.25) is 9.59 Å². The summed E-state index contributed by atoms with van der Waals surface area (Å²) >= 11 is 11.3. The quantitative estimate of drug-likeness (QED) is 0.802. The molecule has 2 amide bonds. The van der Waals surface area contributed by atoms with E-state index in [-0.39, 0.29) is 10.1 Å². The fourth-order valence-corrected chi connectivity index (χ4v) is 1.92. The Bertz CT molecular complexity index is 530. The number of halogens is 2. The molecule has 0 saturated carbocycles. The highest BCUT2D eigenvalue weighted by molar-refractivity contribution is 6.62. The lowest BCUT2D eigenvalue weighted by Crippen LogP contribution is -2.30. The molecule has 0 N–H and O–H groups in total. The monoisotopic (exact) mass is 285 g/mol. The van der Waals surface area contributed by atoms with Gasteiger partial charge < -0.3 is 4.74 Å². The molecule has 0 spiro atoms. The van der Waals surface area contributed by atoms with Gasteiger partial charge in [-0.1, -0.05) is 29.3 Å². The first-order chi connectivity index (χ1) is 8.56. The molecular formula is C12H9Cl2NO3. The number of nitrogens with zero attached hydrogens (tertiary/aromatic N) is 1. The summed E-state index contributed by atoms with van der Waals surface area (Å²) in [5, 5.41) is -0.521. The van der Waals surface area contributed by atoms with Crippen LogP contribution in [0, 0.1) is 0 Å². The second-order valence-electron chi connectivity index (χ2n) is 3.50. The van der Waals surface area contributed by atoms with E-state index in [0.29, 0.717) is 18.0 Å². The fraction of sp³-hybridized carbons (Fsp3) is 0.167. The molecular weight excluding hydrogens is 277 g/mol. The minimum atomic E-state index is -0.625. The standard InChI is InChI=1S/C12H9Cl2NO3/c1-2-18-8-5-3-4-7(6-8)15-11(16)9(13)10(14)12(15)17/h3-6H,2H2,1H3. The van der Waals surface area contributed by atoms with Crippen molar-refractivity contribution in [2.45, 2.75) is 6.92 Å². The number of anilines is 1. The van der Waals surface area contributed by atoms with Crippen LogP contribution in [0.4, 0.5) is 5.69 Å². The van der Waals surface area contributed by atoms with E-state index < -0.39 is 11.8 Å². The molecule has 0 aliphatic carbocycles. The van der Waals surface area contributed by atoms with Crippen LogP contribution in [0.5, 0.6) is 5.75 Å². The Kier molecular flexibility index (Phi) is 3.59. The minimum Gasteiger partial charge on any atom is -0.494 e. The lowest BCUT2D eigenvalue weighted by Gasteiger charge is -2.15. The van der Waals surface area contributed by atoms with Crippen molar-refractivity contribution < 1.29 is 14.3 Å². The Hall–Kier alpha value is -1.52. The summed E-state index contributed by atoms with van der Waals surface area (Å²) in [7, 11) is 0. The number of hydrogen-bond donors (Lipinski definition) is 0. The third-order valence-corrected chi connectivity index (χ3v) is 3.16. The topological polar surface area (TPSA) is 46.6 Å². The maximum Gasteiger partial charge on any atom is 0.278 e. The summed E-state index contributed by atoms with van der Waals surface area (Å²) in [6.45, 7) is 2.33. The predicted octanol–water partition coefficient (Wildman–Crippen LogP) is 2.65. The van der Waals surface area contributed by atoms with E-state index in [1.54, 1.807) is 24.3 Å². The molecule has 4 nitrogen and oxygen atoms in total. The van der Waals surface area contributed by atoms with Gasteiger partial charge in [0.15, 0.2) is 0 Å². The van der Waals surface area contributed by atoms with Gasteiger partial charge >= 0.3 is 0 Å². The van der Waals surface area contributed by atoms with Crippen LogP contribution in [0.2, 0.25) is 0 Å². The van der Waals surface area contributed by atoms with Crippen molar-refractivity contribution in [1.82, 2.24) is 0 Å². The molecule has 2 rings (SSSR count). The highest BCUT2D eigenvalue weighted by Crippen LogP contribution is 2.32. The van der Waals surface area contributed by atoms with Gasteiger partial charge in [-0.15, -0.1) is 0 Å². The highest BCUT2D eigenvalue weighted by atomic mass is 35.5. The van der Waals surface area contributed by atoms with E-state index in [2.05, 4.69) is 0 Å². The van der Waals surface area contributed by atoms with Crippen LogP contribution in [0.15, 0.2) is 34.3 Å².